The summed E-state index contributed by atoms with van der Waals surface area (Å²) in [6, 6.07) is 12.5. The van der Waals surface area contributed by atoms with Crippen molar-refractivity contribution in [3.8, 4) is 0 Å². The maximum atomic E-state index is 12.9. The lowest BCUT2D eigenvalue weighted by Crippen LogP contribution is -2.37. The van der Waals surface area contributed by atoms with E-state index in [1.54, 1.807) is 36.4 Å². The van der Waals surface area contributed by atoms with E-state index in [0.29, 0.717) is 49.3 Å². The van der Waals surface area contributed by atoms with Crippen LogP contribution >= 0.6 is 0 Å². The summed E-state index contributed by atoms with van der Waals surface area (Å²) in [6.07, 6.45) is 3.44. The molecule has 2 saturated heterocycles. The van der Waals surface area contributed by atoms with Crippen LogP contribution < -0.4 is 5.32 Å². The van der Waals surface area contributed by atoms with Gasteiger partial charge in [0.1, 0.15) is 0 Å². The molecule has 1 N–H and O–H groups in total. The standard InChI is InChI=1S/C26H35N3O5S2/c1-20-11-15-28(16-12-20)35(31,32)24-7-3-22(4-8-24)26(30)19-27-23-5-9-25(10-6-23)36(33,34)29-17-13-21(2)14-18-29/h3-10,20-21,27H,11-19H2,1-2H3. The Hall–Kier alpha value is -2.27. The second-order valence-electron chi connectivity index (χ2n) is 10.00. The first-order valence-electron chi connectivity index (χ1n) is 12.5. The van der Waals surface area contributed by atoms with E-state index in [1.807, 2.05) is 0 Å². The number of nitrogens with one attached hydrogen (secondary N) is 1. The van der Waals surface area contributed by atoms with Crippen LogP contribution in [0.4, 0.5) is 5.69 Å². The summed E-state index contributed by atoms with van der Waals surface area (Å²) in [6.45, 7) is 6.39. The molecule has 2 heterocycles. The molecule has 4 rings (SSSR count). The number of piperidine rings is 2. The fraction of sp³-hybridized carbons (Fsp3) is 0.500. The highest BCUT2D eigenvalue weighted by Gasteiger charge is 2.29. The van der Waals surface area contributed by atoms with Crippen LogP contribution in [-0.2, 0) is 20.0 Å². The fourth-order valence-corrected chi connectivity index (χ4v) is 7.53. The van der Waals surface area contributed by atoms with Gasteiger partial charge in [0, 0.05) is 37.4 Å². The molecule has 196 valence electrons. The number of hydrogen-bond donors (Lipinski definition) is 1. The number of ketones is 1. The molecule has 36 heavy (non-hydrogen) atoms. The van der Waals surface area contributed by atoms with Crippen molar-refractivity contribution in [1.29, 1.82) is 0 Å². The minimum atomic E-state index is -3.56. The molecular formula is C26H35N3O5S2. The number of carbonyl (C=O) groups excluding carboxylic acids is 1. The molecular weight excluding hydrogens is 498 g/mol. The zero-order chi connectivity index (χ0) is 25.9. The van der Waals surface area contributed by atoms with Gasteiger partial charge in [0.2, 0.25) is 20.0 Å². The Bertz CT molecular complexity index is 1260. The van der Waals surface area contributed by atoms with Crippen molar-refractivity contribution in [2.24, 2.45) is 11.8 Å². The Labute approximate surface area is 214 Å². The Morgan fingerprint density at radius 2 is 1.11 bits per heavy atom. The van der Waals surface area contributed by atoms with Gasteiger partial charge in [0.25, 0.3) is 0 Å². The summed E-state index contributed by atoms with van der Waals surface area (Å²) >= 11 is 0. The summed E-state index contributed by atoms with van der Waals surface area (Å²) in [5.41, 5.74) is 1.04. The topological polar surface area (TPSA) is 104 Å². The molecule has 0 radical (unpaired) electrons. The lowest BCUT2D eigenvalue weighted by molar-refractivity contribution is 0.101. The molecule has 8 nitrogen and oxygen atoms in total. The third kappa shape index (κ3) is 5.99. The number of nitrogens with zero attached hydrogens (tertiary/aromatic N) is 2. The van der Waals surface area contributed by atoms with E-state index < -0.39 is 20.0 Å². The SMILES string of the molecule is CC1CCN(S(=O)(=O)c2ccc(NCC(=O)c3ccc(S(=O)(=O)N4CCC(C)CC4)cc3)cc2)CC1. The zero-order valence-electron chi connectivity index (χ0n) is 20.9. The molecule has 2 aromatic rings. The van der Waals surface area contributed by atoms with E-state index in [-0.39, 0.29) is 22.1 Å². The number of carbonyl (C=O) groups is 1. The van der Waals surface area contributed by atoms with Crippen LogP contribution in [0.2, 0.25) is 0 Å². The molecule has 0 unspecified atom stereocenters. The van der Waals surface area contributed by atoms with Crippen LogP contribution in [0.25, 0.3) is 0 Å². The number of rotatable bonds is 8. The first-order valence-corrected chi connectivity index (χ1v) is 15.4. The number of hydrogen-bond acceptors (Lipinski definition) is 6. The Morgan fingerprint density at radius 1 is 0.722 bits per heavy atom. The molecule has 0 atom stereocenters. The summed E-state index contributed by atoms with van der Waals surface area (Å²) in [5, 5.41) is 3.02. The van der Waals surface area contributed by atoms with Gasteiger partial charge in [-0.05, 0) is 86.1 Å². The van der Waals surface area contributed by atoms with Crippen molar-refractivity contribution < 1.29 is 21.6 Å². The zero-order valence-corrected chi connectivity index (χ0v) is 22.5. The second-order valence-corrected chi connectivity index (χ2v) is 13.9. The van der Waals surface area contributed by atoms with Crippen molar-refractivity contribution in [2.45, 2.75) is 49.3 Å². The van der Waals surface area contributed by atoms with E-state index in [1.165, 1.54) is 20.7 Å². The molecule has 2 fully saturated rings. The van der Waals surface area contributed by atoms with E-state index >= 15 is 0 Å². The van der Waals surface area contributed by atoms with Crippen LogP contribution in [0.15, 0.2) is 58.3 Å². The highest BCUT2D eigenvalue weighted by atomic mass is 32.2. The Kier molecular flexibility index (Phi) is 8.18. The highest BCUT2D eigenvalue weighted by molar-refractivity contribution is 7.89. The number of Topliss-reactive ketones (excluding diaryl/α,β-unsaturated/α-hetero) is 1. The first-order chi connectivity index (χ1) is 17.1. The quantitative estimate of drug-likeness (QED) is 0.518. The molecule has 2 aliphatic heterocycles. The normalized spacial score (nSPS) is 19.3. The van der Waals surface area contributed by atoms with Crippen LogP contribution in [0.5, 0.6) is 0 Å². The average molecular weight is 534 g/mol. The van der Waals surface area contributed by atoms with E-state index in [2.05, 4.69) is 19.2 Å². The lowest BCUT2D eigenvalue weighted by Gasteiger charge is -2.29. The second kappa shape index (κ2) is 11.0. The largest absolute Gasteiger partial charge is 0.378 e. The number of benzene rings is 2. The van der Waals surface area contributed by atoms with Crippen LogP contribution in [0.1, 0.15) is 49.9 Å². The van der Waals surface area contributed by atoms with Gasteiger partial charge in [-0.25, -0.2) is 16.8 Å². The first kappa shape index (κ1) is 26.8. The van der Waals surface area contributed by atoms with Gasteiger partial charge in [0.05, 0.1) is 16.3 Å². The molecule has 10 heteroatoms. The van der Waals surface area contributed by atoms with Crippen molar-refractivity contribution in [1.82, 2.24) is 8.61 Å². The Balaban J connectivity index is 1.34. The van der Waals surface area contributed by atoms with Gasteiger partial charge in [0.15, 0.2) is 5.78 Å². The predicted molar refractivity (Wildman–Crippen MR) is 140 cm³/mol. The van der Waals surface area contributed by atoms with Crippen LogP contribution in [0, 0.1) is 11.8 Å². The van der Waals surface area contributed by atoms with Gasteiger partial charge in [-0.15, -0.1) is 0 Å². The van der Waals surface area contributed by atoms with Gasteiger partial charge < -0.3 is 5.32 Å². The van der Waals surface area contributed by atoms with Crippen molar-refractivity contribution in [3.63, 3.8) is 0 Å². The fourth-order valence-electron chi connectivity index (χ4n) is 4.59. The third-order valence-electron chi connectivity index (χ3n) is 7.24. The molecule has 0 bridgehead atoms. The molecule has 0 aromatic heterocycles. The molecule has 0 amide bonds. The minimum Gasteiger partial charge on any atom is -0.378 e. The maximum Gasteiger partial charge on any atom is 0.243 e. The monoisotopic (exact) mass is 533 g/mol. The molecule has 0 spiro atoms. The van der Waals surface area contributed by atoms with Crippen molar-refractivity contribution in [2.75, 3.05) is 38.0 Å². The molecule has 2 aromatic carbocycles. The van der Waals surface area contributed by atoms with Crippen molar-refractivity contribution >= 4 is 31.5 Å². The van der Waals surface area contributed by atoms with Gasteiger partial charge >= 0.3 is 0 Å². The number of anilines is 1. The van der Waals surface area contributed by atoms with Gasteiger partial charge in [-0.2, -0.15) is 8.61 Å². The van der Waals surface area contributed by atoms with E-state index in [4.69, 9.17) is 0 Å². The smallest absolute Gasteiger partial charge is 0.243 e. The van der Waals surface area contributed by atoms with E-state index in [9.17, 15) is 21.6 Å². The molecule has 2 aliphatic rings. The summed E-state index contributed by atoms with van der Waals surface area (Å²) in [7, 11) is -7.07. The molecule has 0 aliphatic carbocycles. The lowest BCUT2D eigenvalue weighted by atomic mass is 10.0. The van der Waals surface area contributed by atoms with Gasteiger partial charge in [-0.3, -0.25) is 4.79 Å². The van der Waals surface area contributed by atoms with Crippen LogP contribution in [-0.4, -0.2) is 64.0 Å². The minimum absolute atomic E-state index is 0.00617. The number of sulfonamides is 2. The Morgan fingerprint density at radius 3 is 1.53 bits per heavy atom. The van der Waals surface area contributed by atoms with E-state index in [0.717, 1.165) is 25.7 Å². The predicted octanol–water partition coefficient (Wildman–Crippen LogP) is 3.82. The summed E-state index contributed by atoms with van der Waals surface area (Å²) < 4.78 is 54.6. The van der Waals surface area contributed by atoms with Gasteiger partial charge in [-0.1, -0.05) is 13.8 Å². The maximum absolute atomic E-state index is 12.9. The highest BCUT2D eigenvalue weighted by Crippen LogP contribution is 2.25. The van der Waals surface area contributed by atoms with Crippen LogP contribution in [0.3, 0.4) is 0 Å². The summed E-state index contributed by atoms with van der Waals surface area (Å²) in [5.74, 6) is 0.882. The molecule has 0 saturated carbocycles. The third-order valence-corrected chi connectivity index (χ3v) is 11.1. The summed E-state index contributed by atoms with van der Waals surface area (Å²) in [4.78, 5) is 13.1. The van der Waals surface area contributed by atoms with Crippen molar-refractivity contribution in [3.05, 3.63) is 54.1 Å². The average Bonchev–Trinajstić information content (AvgIpc) is 2.88.